The van der Waals surface area contributed by atoms with Gasteiger partial charge in [0, 0.05) is 0 Å². The molecule has 0 aromatic heterocycles. The lowest BCUT2D eigenvalue weighted by Gasteiger charge is -2.36. The quantitative estimate of drug-likeness (QED) is 0.459. The van der Waals surface area contributed by atoms with Crippen LogP contribution in [-0.2, 0) is 15.9 Å². The van der Waals surface area contributed by atoms with Crippen LogP contribution in [0.15, 0.2) is 42.2 Å². The standard InChI is InChI=1S/C22H32O3/c1-16(2)20-14-13-17(3)15-21(20)25-22(23)24-18(4)9-8-12-19-10-6-5-7-11-19/h5-7,9-11,16-17,20-21H,8,12-15H2,1-4H3. The Hall–Kier alpha value is -1.77. The summed E-state index contributed by atoms with van der Waals surface area (Å²) in [5.41, 5.74) is 1.28. The summed E-state index contributed by atoms with van der Waals surface area (Å²) < 4.78 is 11.0. The third-order valence-electron chi connectivity index (χ3n) is 5.16. The molecule has 138 valence electrons. The number of allylic oxidation sites excluding steroid dienone is 2. The molecule has 3 unspecified atom stereocenters. The molecule has 1 saturated carbocycles. The lowest BCUT2D eigenvalue weighted by Crippen LogP contribution is -2.35. The molecular weight excluding hydrogens is 312 g/mol. The van der Waals surface area contributed by atoms with Crippen LogP contribution in [0.5, 0.6) is 0 Å². The molecule has 0 N–H and O–H groups in total. The van der Waals surface area contributed by atoms with Crippen LogP contribution in [0.1, 0.15) is 58.9 Å². The average molecular weight is 344 g/mol. The van der Waals surface area contributed by atoms with Gasteiger partial charge in [0.2, 0.25) is 0 Å². The zero-order chi connectivity index (χ0) is 18.2. The van der Waals surface area contributed by atoms with Crippen molar-refractivity contribution in [3.8, 4) is 0 Å². The van der Waals surface area contributed by atoms with Crippen molar-refractivity contribution in [2.45, 2.75) is 65.9 Å². The average Bonchev–Trinajstić information content (AvgIpc) is 2.55. The first-order valence-electron chi connectivity index (χ1n) is 9.55. The number of carbonyl (C=O) groups is 1. The molecule has 3 nitrogen and oxygen atoms in total. The van der Waals surface area contributed by atoms with Crippen molar-refractivity contribution in [3.63, 3.8) is 0 Å². The highest BCUT2D eigenvalue weighted by Crippen LogP contribution is 2.35. The van der Waals surface area contributed by atoms with Crippen molar-refractivity contribution in [1.82, 2.24) is 0 Å². The second-order valence-corrected chi connectivity index (χ2v) is 7.67. The van der Waals surface area contributed by atoms with E-state index in [0.717, 1.165) is 25.7 Å². The predicted molar refractivity (Wildman–Crippen MR) is 101 cm³/mol. The third kappa shape index (κ3) is 6.56. The molecule has 1 aromatic rings. The van der Waals surface area contributed by atoms with Gasteiger partial charge in [-0.1, -0.05) is 57.5 Å². The van der Waals surface area contributed by atoms with E-state index in [1.54, 1.807) is 0 Å². The highest BCUT2D eigenvalue weighted by molar-refractivity contribution is 5.61. The Bertz CT molecular complexity index is 562. The molecule has 1 aromatic carbocycles. The van der Waals surface area contributed by atoms with Gasteiger partial charge < -0.3 is 9.47 Å². The van der Waals surface area contributed by atoms with E-state index in [-0.39, 0.29) is 6.10 Å². The molecule has 3 heteroatoms. The fourth-order valence-electron chi connectivity index (χ4n) is 3.66. The lowest BCUT2D eigenvalue weighted by atomic mass is 9.75. The van der Waals surface area contributed by atoms with Gasteiger partial charge in [-0.15, -0.1) is 0 Å². The van der Waals surface area contributed by atoms with Crippen molar-refractivity contribution < 1.29 is 14.3 Å². The number of ether oxygens (including phenoxy) is 2. The Labute approximate surface area is 152 Å². The summed E-state index contributed by atoms with van der Waals surface area (Å²) in [7, 11) is 0. The van der Waals surface area contributed by atoms with Crippen molar-refractivity contribution in [2.75, 3.05) is 0 Å². The minimum atomic E-state index is -0.557. The second kappa shape index (κ2) is 9.65. The summed E-state index contributed by atoms with van der Waals surface area (Å²) >= 11 is 0. The molecule has 1 aliphatic carbocycles. The molecule has 25 heavy (non-hydrogen) atoms. The summed E-state index contributed by atoms with van der Waals surface area (Å²) in [5.74, 6) is 2.18. The van der Waals surface area contributed by atoms with Crippen LogP contribution in [0.25, 0.3) is 0 Å². The molecule has 3 atom stereocenters. The first-order chi connectivity index (χ1) is 12.0. The molecule has 1 fully saturated rings. The number of benzene rings is 1. The van der Waals surface area contributed by atoms with Crippen LogP contribution >= 0.6 is 0 Å². The van der Waals surface area contributed by atoms with Crippen LogP contribution in [0.4, 0.5) is 4.79 Å². The fourth-order valence-corrected chi connectivity index (χ4v) is 3.66. The largest absolute Gasteiger partial charge is 0.513 e. The molecule has 0 saturated heterocycles. The topological polar surface area (TPSA) is 35.5 Å². The second-order valence-electron chi connectivity index (χ2n) is 7.67. The van der Waals surface area contributed by atoms with E-state index in [1.807, 2.05) is 31.2 Å². The zero-order valence-electron chi connectivity index (χ0n) is 16.0. The normalized spacial score (nSPS) is 24.2. The SMILES string of the molecule is CC(=CCCc1ccccc1)OC(=O)OC1CC(C)CCC1C(C)C. The molecule has 0 aliphatic heterocycles. The zero-order valence-corrected chi connectivity index (χ0v) is 16.0. The third-order valence-corrected chi connectivity index (χ3v) is 5.16. The van der Waals surface area contributed by atoms with Gasteiger partial charge in [-0.3, -0.25) is 0 Å². The van der Waals surface area contributed by atoms with Crippen molar-refractivity contribution in [3.05, 3.63) is 47.7 Å². The predicted octanol–water partition coefficient (Wildman–Crippen LogP) is 6.14. The van der Waals surface area contributed by atoms with E-state index in [2.05, 4.69) is 32.9 Å². The Kier molecular flexibility index (Phi) is 7.54. The van der Waals surface area contributed by atoms with Crippen LogP contribution < -0.4 is 0 Å². The fraction of sp³-hybridized carbons (Fsp3) is 0.591. The molecule has 0 bridgehead atoms. The monoisotopic (exact) mass is 344 g/mol. The molecule has 0 spiro atoms. The Balaban J connectivity index is 1.80. The first-order valence-corrected chi connectivity index (χ1v) is 9.55. The summed E-state index contributed by atoms with van der Waals surface area (Å²) in [5, 5.41) is 0. The van der Waals surface area contributed by atoms with E-state index < -0.39 is 6.16 Å². The minimum Gasteiger partial charge on any atom is -0.430 e. The van der Waals surface area contributed by atoms with E-state index in [0.29, 0.717) is 23.5 Å². The van der Waals surface area contributed by atoms with Crippen LogP contribution in [0.2, 0.25) is 0 Å². The smallest absolute Gasteiger partial charge is 0.430 e. The van der Waals surface area contributed by atoms with E-state index in [1.165, 1.54) is 12.0 Å². The molecule has 0 radical (unpaired) electrons. The van der Waals surface area contributed by atoms with Gasteiger partial charge in [-0.05, 0) is 62.0 Å². The molecule has 0 heterocycles. The summed E-state index contributed by atoms with van der Waals surface area (Å²) in [4.78, 5) is 12.1. The highest BCUT2D eigenvalue weighted by Gasteiger charge is 2.33. The highest BCUT2D eigenvalue weighted by atomic mass is 16.7. The van der Waals surface area contributed by atoms with Crippen LogP contribution in [0.3, 0.4) is 0 Å². The van der Waals surface area contributed by atoms with Crippen molar-refractivity contribution in [1.29, 1.82) is 0 Å². The van der Waals surface area contributed by atoms with Crippen LogP contribution in [0, 0.1) is 17.8 Å². The first kappa shape index (κ1) is 19.6. The van der Waals surface area contributed by atoms with Gasteiger partial charge in [0.25, 0.3) is 0 Å². The Morgan fingerprint density at radius 1 is 1.24 bits per heavy atom. The number of rotatable bonds is 6. The molecule has 2 rings (SSSR count). The maximum Gasteiger partial charge on any atom is 0.513 e. The molecule has 0 amide bonds. The Morgan fingerprint density at radius 3 is 2.64 bits per heavy atom. The number of hydrogen-bond donors (Lipinski definition) is 0. The van der Waals surface area contributed by atoms with Gasteiger partial charge in [0.15, 0.2) is 0 Å². The van der Waals surface area contributed by atoms with Crippen molar-refractivity contribution in [2.24, 2.45) is 17.8 Å². The number of aryl methyl sites for hydroxylation is 1. The minimum absolute atomic E-state index is 0.0200. The van der Waals surface area contributed by atoms with Crippen molar-refractivity contribution >= 4 is 6.16 Å². The van der Waals surface area contributed by atoms with Gasteiger partial charge in [0.1, 0.15) is 11.9 Å². The lowest BCUT2D eigenvalue weighted by molar-refractivity contribution is -0.0227. The number of carbonyl (C=O) groups excluding carboxylic acids is 1. The van der Waals surface area contributed by atoms with Gasteiger partial charge in [0.05, 0.1) is 0 Å². The maximum atomic E-state index is 12.1. The van der Waals surface area contributed by atoms with E-state index >= 15 is 0 Å². The van der Waals surface area contributed by atoms with E-state index in [9.17, 15) is 4.79 Å². The maximum absolute atomic E-state index is 12.1. The summed E-state index contributed by atoms with van der Waals surface area (Å²) in [6.45, 7) is 8.46. The molecule has 1 aliphatic rings. The molecular formula is C22H32O3. The summed E-state index contributed by atoms with van der Waals surface area (Å²) in [6, 6.07) is 10.3. The van der Waals surface area contributed by atoms with Gasteiger partial charge in [-0.2, -0.15) is 0 Å². The van der Waals surface area contributed by atoms with Crippen LogP contribution in [-0.4, -0.2) is 12.3 Å². The van der Waals surface area contributed by atoms with Gasteiger partial charge in [-0.25, -0.2) is 4.79 Å². The van der Waals surface area contributed by atoms with Gasteiger partial charge >= 0.3 is 6.16 Å². The summed E-state index contributed by atoms with van der Waals surface area (Å²) in [6.07, 6.45) is 6.45. The number of hydrogen-bond acceptors (Lipinski definition) is 3. The van der Waals surface area contributed by atoms with E-state index in [4.69, 9.17) is 9.47 Å². The Morgan fingerprint density at radius 2 is 1.96 bits per heavy atom.